The van der Waals surface area contributed by atoms with E-state index in [1.54, 1.807) is 18.2 Å². The van der Waals surface area contributed by atoms with Gasteiger partial charge in [-0.15, -0.1) is 0 Å². The predicted octanol–water partition coefficient (Wildman–Crippen LogP) is 2.12. The molecule has 2 N–H and O–H groups in total. The Morgan fingerprint density at radius 1 is 1.39 bits per heavy atom. The molecule has 0 aromatic heterocycles. The van der Waals surface area contributed by atoms with Gasteiger partial charge in [0.25, 0.3) is 0 Å². The zero-order valence-electron chi connectivity index (χ0n) is 10.3. The Morgan fingerprint density at radius 2 is 2.11 bits per heavy atom. The molecule has 1 aliphatic rings. The van der Waals surface area contributed by atoms with Gasteiger partial charge in [-0.1, -0.05) is 13.3 Å². The molecule has 5 heteroatoms. The molecule has 1 atom stereocenters. The van der Waals surface area contributed by atoms with Crippen LogP contribution in [0.5, 0.6) is 11.5 Å². The Bertz CT molecular complexity index is 433. The number of hydrogen-bond acceptors (Lipinski definition) is 4. The first kappa shape index (κ1) is 12.5. The number of anilines is 1. The Hall–Kier alpha value is -1.91. The summed E-state index contributed by atoms with van der Waals surface area (Å²) in [6.45, 7) is 3.03. The molecular formula is C13H17NO4. The number of hydrogen-bond donors (Lipinski definition) is 2. The summed E-state index contributed by atoms with van der Waals surface area (Å²) in [7, 11) is 0. The van der Waals surface area contributed by atoms with Crippen molar-refractivity contribution in [2.45, 2.75) is 25.8 Å². The Balaban J connectivity index is 2.11. The van der Waals surface area contributed by atoms with Crippen molar-refractivity contribution in [1.82, 2.24) is 0 Å². The van der Waals surface area contributed by atoms with E-state index in [9.17, 15) is 4.79 Å². The number of rotatable bonds is 5. The molecule has 0 aliphatic carbocycles. The van der Waals surface area contributed by atoms with Gasteiger partial charge in [0, 0.05) is 11.8 Å². The number of carbonyl (C=O) groups is 1. The summed E-state index contributed by atoms with van der Waals surface area (Å²) in [6.07, 6.45) is 1.40. The van der Waals surface area contributed by atoms with Crippen molar-refractivity contribution >= 4 is 11.7 Å². The standard InChI is InChI=1S/C13H17NO4/c1-2-3-10(13(15)16)14-9-4-5-11-12(8-9)18-7-6-17-11/h4-5,8,10,14H,2-3,6-7H2,1H3,(H,15,16). The summed E-state index contributed by atoms with van der Waals surface area (Å²) in [5, 5.41) is 12.1. The van der Waals surface area contributed by atoms with Crippen LogP contribution < -0.4 is 14.8 Å². The minimum Gasteiger partial charge on any atom is -0.486 e. The van der Waals surface area contributed by atoms with Gasteiger partial charge in [-0.05, 0) is 18.6 Å². The summed E-state index contributed by atoms with van der Waals surface area (Å²) in [5.74, 6) is 0.521. The summed E-state index contributed by atoms with van der Waals surface area (Å²) < 4.78 is 10.9. The average Bonchev–Trinajstić information content (AvgIpc) is 2.38. The number of carboxylic acids is 1. The molecule has 1 aromatic rings. The van der Waals surface area contributed by atoms with Crippen LogP contribution in [0, 0.1) is 0 Å². The van der Waals surface area contributed by atoms with Gasteiger partial charge in [-0.3, -0.25) is 0 Å². The molecule has 0 saturated heterocycles. The maximum atomic E-state index is 11.1. The molecule has 0 fully saturated rings. The van der Waals surface area contributed by atoms with Crippen LogP contribution in [0.1, 0.15) is 19.8 Å². The predicted molar refractivity (Wildman–Crippen MR) is 67.4 cm³/mol. The smallest absolute Gasteiger partial charge is 0.326 e. The number of ether oxygens (including phenoxy) is 2. The lowest BCUT2D eigenvalue weighted by Gasteiger charge is -2.20. The molecular weight excluding hydrogens is 234 g/mol. The van der Waals surface area contributed by atoms with Crippen molar-refractivity contribution in [1.29, 1.82) is 0 Å². The van der Waals surface area contributed by atoms with E-state index < -0.39 is 12.0 Å². The number of fused-ring (bicyclic) bond motifs is 1. The fourth-order valence-electron chi connectivity index (χ4n) is 1.88. The highest BCUT2D eigenvalue weighted by atomic mass is 16.6. The fourth-order valence-corrected chi connectivity index (χ4v) is 1.88. The maximum Gasteiger partial charge on any atom is 0.326 e. The van der Waals surface area contributed by atoms with Crippen molar-refractivity contribution in [3.63, 3.8) is 0 Å². The van der Waals surface area contributed by atoms with Crippen LogP contribution in [0.2, 0.25) is 0 Å². The first-order valence-electron chi connectivity index (χ1n) is 6.09. The summed E-state index contributed by atoms with van der Waals surface area (Å²) in [5.41, 5.74) is 0.736. The molecule has 0 bridgehead atoms. The highest BCUT2D eigenvalue weighted by molar-refractivity contribution is 5.77. The van der Waals surface area contributed by atoms with E-state index in [0.29, 0.717) is 31.1 Å². The summed E-state index contributed by atoms with van der Waals surface area (Å²) in [4.78, 5) is 11.1. The van der Waals surface area contributed by atoms with E-state index in [2.05, 4.69) is 5.32 Å². The number of benzene rings is 1. The molecule has 5 nitrogen and oxygen atoms in total. The molecule has 1 heterocycles. The van der Waals surface area contributed by atoms with Crippen LogP contribution >= 0.6 is 0 Å². The van der Waals surface area contributed by atoms with Crippen LogP contribution in [0.4, 0.5) is 5.69 Å². The van der Waals surface area contributed by atoms with E-state index in [4.69, 9.17) is 14.6 Å². The van der Waals surface area contributed by atoms with Crippen molar-refractivity contribution < 1.29 is 19.4 Å². The van der Waals surface area contributed by atoms with Crippen LogP contribution in [0.15, 0.2) is 18.2 Å². The number of nitrogens with one attached hydrogen (secondary N) is 1. The third kappa shape index (κ3) is 2.85. The molecule has 1 aromatic carbocycles. The Kier molecular flexibility index (Phi) is 3.92. The van der Waals surface area contributed by atoms with E-state index in [0.717, 1.165) is 12.1 Å². The van der Waals surface area contributed by atoms with E-state index >= 15 is 0 Å². The quantitative estimate of drug-likeness (QED) is 0.839. The van der Waals surface area contributed by atoms with Gasteiger partial charge < -0.3 is 19.9 Å². The maximum absolute atomic E-state index is 11.1. The van der Waals surface area contributed by atoms with E-state index in [1.807, 2.05) is 6.92 Å². The minimum absolute atomic E-state index is 0.522. The van der Waals surface area contributed by atoms with Crippen molar-refractivity contribution in [2.24, 2.45) is 0 Å². The van der Waals surface area contributed by atoms with Crippen molar-refractivity contribution in [3.05, 3.63) is 18.2 Å². The Morgan fingerprint density at radius 3 is 2.78 bits per heavy atom. The van der Waals surface area contributed by atoms with Crippen molar-refractivity contribution in [2.75, 3.05) is 18.5 Å². The molecule has 0 saturated carbocycles. The fraction of sp³-hybridized carbons (Fsp3) is 0.462. The normalized spacial score (nSPS) is 14.9. The van der Waals surface area contributed by atoms with Gasteiger partial charge in [-0.25, -0.2) is 4.79 Å². The Labute approximate surface area is 106 Å². The molecule has 0 radical (unpaired) electrons. The van der Waals surface area contributed by atoms with Crippen molar-refractivity contribution in [3.8, 4) is 11.5 Å². The first-order chi connectivity index (χ1) is 8.70. The lowest BCUT2D eigenvalue weighted by atomic mass is 10.1. The molecule has 0 spiro atoms. The summed E-state index contributed by atoms with van der Waals surface area (Å²) >= 11 is 0. The molecule has 1 aliphatic heterocycles. The lowest BCUT2D eigenvalue weighted by Crippen LogP contribution is -2.29. The molecule has 1 unspecified atom stereocenters. The SMILES string of the molecule is CCCC(Nc1ccc2c(c1)OCCO2)C(=O)O. The largest absolute Gasteiger partial charge is 0.486 e. The van der Waals surface area contributed by atoms with Gasteiger partial charge in [0.15, 0.2) is 11.5 Å². The average molecular weight is 251 g/mol. The highest BCUT2D eigenvalue weighted by Gasteiger charge is 2.17. The summed E-state index contributed by atoms with van der Waals surface area (Å²) in [6, 6.07) is 4.80. The van der Waals surface area contributed by atoms with Gasteiger partial charge in [0.1, 0.15) is 19.3 Å². The van der Waals surface area contributed by atoms with Gasteiger partial charge in [0.05, 0.1) is 0 Å². The third-order valence-electron chi connectivity index (χ3n) is 2.76. The molecule has 2 rings (SSSR count). The topological polar surface area (TPSA) is 67.8 Å². The monoisotopic (exact) mass is 251 g/mol. The second kappa shape index (κ2) is 5.62. The molecule has 98 valence electrons. The second-order valence-electron chi connectivity index (χ2n) is 4.18. The zero-order chi connectivity index (χ0) is 13.0. The lowest BCUT2D eigenvalue weighted by molar-refractivity contribution is -0.138. The van der Waals surface area contributed by atoms with Crippen LogP contribution in [-0.4, -0.2) is 30.3 Å². The minimum atomic E-state index is -0.841. The second-order valence-corrected chi connectivity index (χ2v) is 4.18. The van der Waals surface area contributed by atoms with Crippen LogP contribution in [0.3, 0.4) is 0 Å². The van der Waals surface area contributed by atoms with E-state index in [1.165, 1.54) is 0 Å². The first-order valence-corrected chi connectivity index (χ1v) is 6.09. The van der Waals surface area contributed by atoms with Gasteiger partial charge in [-0.2, -0.15) is 0 Å². The third-order valence-corrected chi connectivity index (χ3v) is 2.76. The van der Waals surface area contributed by atoms with Crippen LogP contribution in [-0.2, 0) is 4.79 Å². The zero-order valence-corrected chi connectivity index (χ0v) is 10.3. The van der Waals surface area contributed by atoms with Crippen LogP contribution in [0.25, 0.3) is 0 Å². The number of carboxylic acid groups (broad SMARTS) is 1. The van der Waals surface area contributed by atoms with Gasteiger partial charge >= 0.3 is 5.97 Å². The van der Waals surface area contributed by atoms with Gasteiger partial charge in [0.2, 0.25) is 0 Å². The molecule has 0 amide bonds. The number of aliphatic carboxylic acids is 1. The molecule has 18 heavy (non-hydrogen) atoms. The van der Waals surface area contributed by atoms with E-state index in [-0.39, 0.29) is 0 Å². The highest BCUT2D eigenvalue weighted by Crippen LogP contribution is 2.32.